The molecular formula is C15H27N3. The summed E-state index contributed by atoms with van der Waals surface area (Å²) in [4.78, 5) is 6.72. The lowest BCUT2D eigenvalue weighted by Crippen LogP contribution is -2.45. The minimum Gasteiger partial charge on any atom is -0.314 e. The van der Waals surface area contributed by atoms with Crippen LogP contribution in [0, 0.1) is 5.41 Å². The van der Waals surface area contributed by atoms with Gasteiger partial charge in [0.25, 0.3) is 0 Å². The molecule has 3 heteroatoms. The van der Waals surface area contributed by atoms with Crippen LogP contribution in [-0.4, -0.2) is 36.1 Å². The SMILES string of the molecule is CCNC(C)C(C)(C)CN(C)Cc1ccccn1. The molecule has 0 bridgehead atoms. The fraction of sp³-hybridized carbons (Fsp3) is 0.667. The minimum absolute atomic E-state index is 0.250. The van der Waals surface area contributed by atoms with Gasteiger partial charge < -0.3 is 5.32 Å². The summed E-state index contributed by atoms with van der Waals surface area (Å²) in [5, 5.41) is 3.51. The summed E-state index contributed by atoms with van der Waals surface area (Å²) in [7, 11) is 2.16. The molecule has 0 aliphatic carbocycles. The molecule has 0 fully saturated rings. The number of rotatable bonds is 7. The van der Waals surface area contributed by atoms with Gasteiger partial charge in [0.05, 0.1) is 5.69 Å². The summed E-state index contributed by atoms with van der Waals surface area (Å²) in [5.74, 6) is 0. The Kier molecular flexibility index (Phi) is 5.76. The monoisotopic (exact) mass is 249 g/mol. The third-order valence-electron chi connectivity index (χ3n) is 3.52. The van der Waals surface area contributed by atoms with Crippen LogP contribution in [0.15, 0.2) is 24.4 Å². The maximum atomic E-state index is 4.37. The van der Waals surface area contributed by atoms with Crippen molar-refractivity contribution in [3.8, 4) is 0 Å². The van der Waals surface area contributed by atoms with E-state index in [1.165, 1.54) is 0 Å². The molecule has 0 saturated heterocycles. The molecule has 0 aliphatic rings. The quantitative estimate of drug-likeness (QED) is 0.805. The van der Waals surface area contributed by atoms with E-state index in [1.54, 1.807) is 0 Å². The van der Waals surface area contributed by atoms with E-state index in [-0.39, 0.29) is 5.41 Å². The smallest absolute Gasteiger partial charge is 0.0543 e. The number of nitrogens with one attached hydrogen (secondary N) is 1. The van der Waals surface area contributed by atoms with E-state index in [1.807, 2.05) is 18.3 Å². The maximum Gasteiger partial charge on any atom is 0.0543 e. The van der Waals surface area contributed by atoms with E-state index in [2.05, 4.69) is 56.0 Å². The Morgan fingerprint density at radius 2 is 2.11 bits per heavy atom. The first-order valence-corrected chi connectivity index (χ1v) is 6.77. The summed E-state index contributed by atoms with van der Waals surface area (Å²) in [6.45, 7) is 12.0. The van der Waals surface area contributed by atoms with Crippen LogP contribution in [0.2, 0.25) is 0 Å². The van der Waals surface area contributed by atoms with Gasteiger partial charge in [-0.25, -0.2) is 0 Å². The third-order valence-corrected chi connectivity index (χ3v) is 3.52. The Morgan fingerprint density at radius 3 is 2.67 bits per heavy atom. The van der Waals surface area contributed by atoms with Crippen molar-refractivity contribution in [2.24, 2.45) is 5.41 Å². The molecule has 0 radical (unpaired) electrons. The molecule has 18 heavy (non-hydrogen) atoms. The highest BCUT2D eigenvalue weighted by Crippen LogP contribution is 2.22. The van der Waals surface area contributed by atoms with Crippen molar-refractivity contribution >= 4 is 0 Å². The number of nitrogens with zero attached hydrogens (tertiary/aromatic N) is 2. The van der Waals surface area contributed by atoms with Crippen LogP contribution in [0.5, 0.6) is 0 Å². The molecule has 1 atom stereocenters. The second-order valence-electron chi connectivity index (χ2n) is 5.76. The third kappa shape index (κ3) is 4.75. The van der Waals surface area contributed by atoms with E-state index in [0.29, 0.717) is 6.04 Å². The molecule has 1 rings (SSSR count). The second-order valence-corrected chi connectivity index (χ2v) is 5.76. The van der Waals surface area contributed by atoms with Crippen LogP contribution >= 0.6 is 0 Å². The highest BCUT2D eigenvalue weighted by molar-refractivity contribution is 5.03. The van der Waals surface area contributed by atoms with Crippen molar-refractivity contribution in [1.82, 2.24) is 15.2 Å². The largest absolute Gasteiger partial charge is 0.314 e. The summed E-state index contributed by atoms with van der Waals surface area (Å²) >= 11 is 0. The maximum absolute atomic E-state index is 4.37. The zero-order valence-corrected chi connectivity index (χ0v) is 12.4. The van der Waals surface area contributed by atoms with Crippen LogP contribution in [0.4, 0.5) is 0 Å². The van der Waals surface area contributed by atoms with Crippen LogP contribution < -0.4 is 5.32 Å². The van der Waals surface area contributed by atoms with Gasteiger partial charge in [0.1, 0.15) is 0 Å². The van der Waals surface area contributed by atoms with E-state index >= 15 is 0 Å². The first-order valence-electron chi connectivity index (χ1n) is 6.77. The van der Waals surface area contributed by atoms with E-state index in [9.17, 15) is 0 Å². The van der Waals surface area contributed by atoms with E-state index in [4.69, 9.17) is 0 Å². The lowest BCUT2D eigenvalue weighted by atomic mass is 9.85. The molecule has 1 heterocycles. The number of hydrogen-bond acceptors (Lipinski definition) is 3. The molecule has 0 amide bonds. The molecule has 102 valence electrons. The zero-order valence-electron chi connectivity index (χ0n) is 12.4. The van der Waals surface area contributed by atoms with Gasteiger partial charge in [-0.1, -0.05) is 26.8 Å². The number of aromatic nitrogens is 1. The Hall–Kier alpha value is -0.930. The summed E-state index contributed by atoms with van der Waals surface area (Å²) < 4.78 is 0. The second kappa shape index (κ2) is 6.86. The number of pyridine rings is 1. The topological polar surface area (TPSA) is 28.2 Å². The molecule has 1 unspecified atom stereocenters. The summed E-state index contributed by atoms with van der Waals surface area (Å²) in [6, 6.07) is 6.59. The fourth-order valence-electron chi connectivity index (χ4n) is 2.24. The Balaban J connectivity index is 2.51. The summed E-state index contributed by atoms with van der Waals surface area (Å²) in [6.07, 6.45) is 1.86. The predicted octanol–water partition coefficient (Wildman–Crippen LogP) is 2.54. The Labute approximate surface area is 112 Å². The standard InChI is InChI=1S/C15H27N3/c1-6-16-13(2)15(3,4)12-18(5)11-14-9-7-8-10-17-14/h7-10,13,16H,6,11-12H2,1-5H3. The molecule has 0 aromatic carbocycles. The first-order chi connectivity index (χ1) is 8.45. The average molecular weight is 249 g/mol. The van der Waals surface area contributed by atoms with Gasteiger partial charge >= 0.3 is 0 Å². The molecule has 1 N–H and O–H groups in total. The molecule has 0 saturated carbocycles. The highest BCUT2D eigenvalue weighted by Gasteiger charge is 2.26. The van der Waals surface area contributed by atoms with Crippen molar-refractivity contribution in [1.29, 1.82) is 0 Å². The van der Waals surface area contributed by atoms with Crippen LogP contribution in [0.3, 0.4) is 0 Å². The Bertz CT molecular complexity index is 335. The molecule has 0 spiro atoms. The predicted molar refractivity (Wildman–Crippen MR) is 77.5 cm³/mol. The van der Waals surface area contributed by atoms with Gasteiger partial charge in [0.2, 0.25) is 0 Å². The fourth-order valence-corrected chi connectivity index (χ4v) is 2.24. The van der Waals surface area contributed by atoms with Crippen LogP contribution in [0.1, 0.15) is 33.4 Å². The first kappa shape index (κ1) is 15.1. The summed E-state index contributed by atoms with van der Waals surface area (Å²) in [5.41, 5.74) is 1.38. The van der Waals surface area contributed by atoms with Crippen LogP contribution in [0.25, 0.3) is 0 Å². The van der Waals surface area contributed by atoms with Gasteiger partial charge in [-0.3, -0.25) is 9.88 Å². The van der Waals surface area contributed by atoms with Gasteiger partial charge in [-0.15, -0.1) is 0 Å². The van der Waals surface area contributed by atoms with Gasteiger partial charge in [0.15, 0.2) is 0 Å². The number of hydrogen-bond donors (Lipinski definition) is 1. The molecule has 0 aliphatic heterocycles. The van der Waals surface area contributed by atoms with E-state index in [0.717, 1.165) is 25.3 Å². The van der Waals surface area contributed by atoms with Gasteiger partial charge in [-0.05, 0) is 38.1 Å². The molecule has 1 aromatic rings. The van der Waals surface area contributed by atoms with Crippen molar-refractivity contribution in [2.45, 2.75) is 40.3 Å². The molecular weight excluding hydrogens is 222 g/mol. The average Bonchev–Trinajstić information content (AvgIpc) is 2.29. The van der Waals surface area contributed by atoms with Gasteiger partial charge in [0, 0.05) is 25.3 Å². The normalized spacial score (nSPS) is 13.9. The zero-order chi connectivity index (χ0) is 13.6. The van der Waals surface area contributed by atoms with Crippen molar-refractivity contribution in [3.63, 3.8) is 0 Å². The lowest BCUT2D eigenvalue weighted by Gasteiger charge is -2.36. The van der Waals surface area contributed by atoms with Gasteiger partial charge in [-0.2, -0.15) is 0 Å². The lowest BCUT2D eigenvalue weighted by molar-refractivity contribution is 0.160. The van der Waals surface area contributed by atoms with Crippen molar-refractivity contribution < 1.29 is 0 Å². The Morgan fingerprint density at radius 1 is 1.39 bits per heavy atom. The molecule has 3 nitrogen and oxygen atoms in total. The molecule has 1 aromatic heterocycles. The van der Waals surface area contributed by atoms with Crippen molar-refractivity contribution in [2.75, 3.05) is 20.1 Å². The van der Waals surface area contributed by atoms with E-state index < -0.39 is 0 Å². The van der Waals surface area contributed by atoms with Crippen LogP contribution in [-0.2, 0) is 6.54 Å². The van der Waals surface area contributed by atoms with Crippen molar-refractivity contribution in [3.05, 3.63) is 30.1 Å². The highest BCUT2D eigenvalue weighted by atomic mass is 15.1. The minimum atomic E-state index is 0.250.